The van der Waals surface area contributed by atoms with Crippen LogP contribution in [0.4, 0.5) is 0 Å². The fourth-order valence-electron chi connectivity index (χ4n) is 1.18. The van der Waals surface area contributed by atoms with Gasteiger partial charge in [0.1, 0.15) is 18.1 Å². The zero-order valence-electron chi connectivity index (χ0n) is 8.99. The topological polar surface area (TPSA) is 44.2 Å². The van der Waals surface area contributed by atoms with Crippen LogP contribution in [0.15, 0.2) is 6.33 Å². The van der Waals surface area contributed by atoms with Crippen LogP contribution in [0.1, 0.15) is 18.9 Å². The van der Waals surface area contributed by atoms with Gasteiger partial charge >= 0.3 is 0 Å². The Hall–Kier alpha value is -0.870. The zero-order valence-corrected chi connectivity index (χ0v) is 9.75. The van der Waals surface area contributed by atoms with E-state index in [2.05, 4.69) is 16.9 Å². The number of hydrogen-bond donors (Lipinski definition) is 0. The molecule has 0 fully saturated rings. The van der Waals surface area contributed by atoms with Crippen LogP contribution in [0, 0.1) is 0 Å². The summed E-state index contributed by atoms with van der Waals surface area (Å²) < 4.78 is 10.3. The summed E-state index contributed by atoms with van der Waals surface area (Å²) in [7, 11) is 1.63. The molecule has 15 heavy (non-hydrogen) atoms. The number of ether oxygens (including phenoxy) is 2. The largest absolute Gasteiger partial charge is 0.475 e. The van der Waals surface area contributed by atoms with Gasteiger partial charge in [0.15, 0.2) is 0 Å². The van der Waals surface area contributed by atoms with E-state index < -0.39 is 0 Å². The fourth-order valence-corrected chi connectivity index (χ4v) is 1.40. The van der Waals surface area contributed by atoms with Crippen molar-refractivity contribution >= 4 is 11.6 Å². The molecule has 5 heteroatoms. The van der Waals surface area contributed by atoms with E-state index in [0.717, 1.165) is 18.4 Å². The molecule has 0 aromatic carbocycles. The molecule has 0 radical (unpaired) electrons. The van der Waals surface area contributed by atoms with Gasteiger partial charge in [-0.3, -0.25) is 0 Å². The molecule has 1 aromatic rings. The Kier molecular flexibility index (Phi) is 5.36. The van der Waals surface area contributed by atoms with E-state index in [1.807, 2.05) is 0 Å². The Bertz CT molecular complexity index is 307. The SMILES string of the molecule is CCCc1c(Cl)ncnc1OCCOC. The standard InChI is InChI=1S/C10H15ClN2O2/c1-3-4-8-9(11)12-7-13-10(8)15-6-5-14-2/h7H,3-6H2,1-2H3. The summed E-state index contributed by atoms with van der Waals surface area (Å²) in [6.07, 6.45) is 3.21. The van der Waals surface area contributed by atoms with Gasteiger partial charge < -0.3 is 9.47 Å². The van der Waals surface area contributed by atoms with Gasteiger partial charge in [0.05, 0.1) is 12.2 Å². The van der Waals surface area contributed by atoms with E-state index in [9.17, 15) is 0 Å². The third-order valence-corrected chi connectivity index (χ3v) is 2.21. The summed E-state index contributed by atoms with van der Waals surface area (Å²) in [5.41, 5.74) is 0.873. The molecule has 0 saturated carbocycles. The lowest BCUT2D eigenvalue weighted by Crippen LogP contribution is -2.08. The lowest BCUT2D eigenvalue weighted by Gasteiger charge is -2.09. The van der Waals surface area contributed by atoms with Crippen LogP contribution >= 0.6 is 11.6 Å². The van der Waals surface area contributed by atoms with Crippen LogP contribution < -0.4 is 4.74 Å². The van der Waals surface area contributed by atoms with E-state index in [-0.39, 0.29) is 0 Å². The quantitative estimate of drug-likeness (QED) is 0.555. The van der Waals surface area contributed by atoms with Crippen molar-refractivity contribution in [3.8, 4) is 5.88 Å². The first-order valence-corrected chi connectivity index (χ1v) is 5.28. The lowest BCUT2D eigenvalue weighted by atomic mass is 10.2. The third-order valence-electron chi connectivity index (χ3n) is 1.88. The van der Waals surface area contributed by atoms with Crippen molar-refractivity contribution in [2.45, 2.75) is 19.8 Å². The Balaban J connectivity index is 2.71. The second kappa shape index (κ2) is 6.58. The summed E-state index contributed by atoms with van der Waals surface area (Å²) in [6.45, 7) is 3.08. The minimum atomic E-state index is 0.472. The highest BCUT2D eigenvalue weighted by atomic mass is 35.5. The molecule has 0 unspecified atom stereocenters. The molecule has 0 N–H and O–H groups in total. The van der Waals surface area contributed by atoms with Gasteiger partial charge in [-0.25, -0.2) is 9.97 Å². The van der Waals surface area contributed by atoms with E-state index >= 15 is 0 Å². The van der Waals surface area contributed by atoms with Crippen molar-refractivity contribution < 1.29 is 9.47 Å². The monoisotopic (exact) mass is 230 g/mol. The van der Waals surface area contributed by atoms with Gasteiger partial charge in [-0.05, 0) is 6.42 Å². The average molecular weight is 231 g/mol. The van der Waals surface area contributed by atoms with Crippen molar-refractivity contribution in [1.82, 2.24) is 9.97 Å². The Morgan fingerprint density at radius 3 is 2.80 bits per heavy atom. The van der Waals surface area contributed by atoms with Gasteiger partial charge in [0.2, 0.25) is 5.88 Å². The van der Waals surface area contributed by atoms with Crippen LogP contribution in [0.25, 0.3) is 0 Å². The Labute approximate surface area is 94.6 Å². The lowest BCUT2D eigenvalue weighted by molar-refractivity contribution is 0.143. The molecule has 1 aromatic heterocycles. The second-order valence-corrected chi connectivity index (χ2v) is 3.40. The van der Waals surface area contributed by atoms with E-state index in [0.29, 0.717) is 24.2 Å². The van der Waals surface area contributed by atoms with Crippen molar-refractivity contribution in [2.24, 2.45) is 0 Å². The highest BCUT2D eigenvalue weighted by Gasteiger charge is 2.09. The molecule has 84 valence electrons. The maximum Gasteiger partial charge on any atom is 0.221 e. The molecular weight excluding hydrogens is 216 g/mol. The molecule has 0 bridgehead atoms. The van der Waals surface area contributed by atoms with E-state index in [1.165, 1.54) is 6.33 Å². The minimum Gasteiger partial charge on any atom is -0.475 e. The zero-order chi connectivity index (χ0) is 11.1. The first kappa shape index (κ1) is 12.2. The highest BCUT2D eigenvalue weighted by Crippen LogP contribution is 2.23. The fraction of sp³-hybridized carbons (Fsp3) is 0.600. The molecule has 1 heterocycles. The van der Waals surface area contributed by atoms with Crippen LogP contribution in [0.5, 0.6) is 5.88 Å². The smallest absolute Gasteiger partial charge is 0.221 e. The summed E-state index contributed by atoms with van der Waals surface area (Å²) in [4.78, 5) is 7.99. The number of halogens is 1. The van der Waals surface area contributed by atoms with Gasteiger partial charge in [0, 0.05) is 7.11 Å². The van der Waals surface area contributed by atoms with Gasteiger partial charge in [-0.1, -0.05) is 24.9 Å². The minimum absolute atomic E-state index is 0.472. The number of nitrogens with zero attached hydrogens (tertiary/aromatic N) is 2. The van der Waals surface area contributed by atoms with Gasteiger partial charge in [-0.15, -0.1) is 0 Å². The predicted octanol–water partition coefficient (Wildman–Crippen LogP) is 2.11. The molecule has 1 rings (SSSR count). The van der Waals surface area contributed by atoms with E-state index in [1.54, 1.807) is 7.11 Å². The summed E-state index contributed by atoms with van der Waals surface area (Å²) in [6, 6.07) is 0. The molecule has 0 saturated heterocycles. The van der Waals surface area contributed by atoms with Crippen molar-refractivity contribution in [3.63, 3.8) is 0 Å². The number of rotatable bonds is 6. The number of methoxy groups -OCH3 is 1. The first-order valence-electron chi connectivity index (χ1n) is 4.90. The van der Waals surface area contributed by atoms with Crippen LogP contribution in [-0.4, -0.2) is 30.3 Å². The normalized spacial score (nSPS) is 10.3. The van der Waals surface area contributed by atoms with Crippen LogP contribution in [0.3, 0.4) is 0 Å². The molecule has 0 aliphatic carbocycles. The predicted molar refractivity (Wildman–Crippen MR) is 58.4 cm³/mol. The molecule has 4 nitrogen and oxygen atoms in total. The molecule has 0 atom stereocenters. The van der Waals surface area contributed by atoms with Crippen LogP contribution in [0.2, 0.25) is 5.15 Å². The van der Waals surface area contributed by atoms with Gasteiger partial charge in [0.25, 0.3) is 0 Å². The van der Waals surface area contributed by atoms with E-state index in [4.69, 9.17) is 21.1 Å². The summed E-state index contributed by atoms with van der Waals surface area (Å²) in [5, 5.41) is 0.472. The maximum absolute atomic E-state index is 5.96. The van der Waals surface area contributed by atoms with Crippen molar-refractivity contribution in [3.05, 3.63) is 17.0 Å². The van der Waals surface area contributed by atoms with Crippen molar-refractivity contribution in [2.75, 3.05) is 20.3 Å². The van der Waals surface area contributed by atoms with Gasteiger partial charge in [-0.2, -0.15) is 0 Å². The first-order chi connectivity index (χ1) is 7.29. The Morgan fingerprint density at radius 2 is 2.13 bits per heavy atom. The molecule has 0 aliphatic rings. The number of aromatic nitrogens is 2. The molecule has 0 aliphatic heterocycles. The highest BCUT2D eigenvalue weighted by molar-refractivity contribution is 6.30. The Morgan fingerprint density at radius 1 is 1.33 bits per heavy atom. The maximum atomic E-state index is 5.96. The average Bonchev–Trinajstić information content (AvgIpc) is 2.23. The molecule has 0 amide bonds. The molecule has 0 spiro atoms. The van der Waals surface area contributed by atoms with Crippen LogP contribution in [-0.2, 0) is 11.2 Å². The summed E-state index contributed by atoms with van der Waals surface area (Å²) in [5.74, 6) is 0.564. The third kappa shape index (κ3) is 3.64. The second-order valence-electron chi connectivity index (χ2n) is 3.04. The number of hydrogen-bond acceptors (Lipinski definition) is 4. The summed E-state index contributed by atoms with van der Waals surface area (Å²) >= 11 is 5.96. The molecular formula is C10H15ClN2O2. The van der Waals surface area contributed by atoms with Crippen molar-refractivity contribution in [1.29, 1.82) is 0 Å².